The Morgan fingerprint density at radius 1 is 1.24 bits per heavy atom. The van der Waals surface area contributed by atoms with E-state index in [0.29, 0.717) is 6.61 Å². The van der Waals surface area contributed by atoms with Crippen molar-refractivity contribution in [3.8, 4) is 0 Å². The van der Waals surface area contributed by atoms with Crippen LogP contribution in [-0.2, 0) is 23.8 Å². The van der Waals surface area contributed by atoms with Crippen LogP contribution in [0.15, 0.2) is 29.2 Å². The summed E-state index contributed by atoms with van der Waals surface area (Å²) >= 11 is 0. The van der Waals surface area contributed by atoms with Gasteiger partial charge in [-0.25, -0.2) is 0 Å². The van der Waals surface area contributed by atoms with E-state index in [1.165, 1.54) is 0 Å². The predicted octanol–water partition coefficient (Wildman–Crippen LogP) is 1.89. The van der Waals surface area contributed by atoms with Crippen molar-refractivity contribution in [2.75, 3.05) is 13.2 Å². The highest BCUT2D eigenvalue weighted by Gasteiger charge is 2.57. The smallest absolute Gasteiger partial charge is 0.297 e. The topological polar surface area (TPSA) is 61.8 Å². The van der Waals surface area contributed by atoms with Gasteiger partial charge in [-0.2, -0.15) is 8.42 Å². The Kier molecular flexibility index (Phi) is 3.60. The first-order valence-corrected chi connectivity index (χ1v) is 8.49. The van der Waals surface area contributed by atoms with Crippen LogP contribution in [0.25, 0.3) is 0 Å². The molecule has 0 radical (unpaired) electrons. The van der Waals surface area contributed by atoms with Gasteiger partial charge in [0.25, 0.3) is 10.1 Å². The van der Waals surface area contributed by atoms with Crippen molar-refractivity contribution in [1.82, 2.24) is 0 Å². The molecule has 5 nitrogen and oxygen atoms in total. The lowest BCUT2D eigenvalue weighted by Crippen LogP contribution is -2.45. The Balaban J connectivity index is 1.82. The molecule has 0 aromatic heterocycles. The minimum absolute atomic E-state index is 0.115. The Labute approximate surface area is 125 Å². The van der Waals surface area contributed by atoms with Crippen molar-refractivity contribution < 1.29 is 22.1 Å². The van der Waals surface area contributed by atoms with E-state index in [-0.39, 0.29) is 23.5 Å². The largest absolute Gasteiger partial charge is 0.372 e. The summed E-state index contributed by atoms with van der Waals surface area (Å²) in [4.78, 5) is 0.159. The number of hydrogen-bond acceptors (Lipinski definition) is 5. The third-order valence-corrected chi connectivity index (χ3v) is 5.69. The van der Waals surface area contributed by atoms with Gasteiger partial charge < -0.3 is 9.47 Å². The standard InChI is InChI=1S/C15H20O5S/c1-10-4-6-12(7-5-10)21(16,17)20-13-9-18-14-11(2)8-19-15(13,14)3/h4-7,11,13-14H,8-9H2,1-3H3/t11-,13+,14+,15+/m0/s1. The van der Waals surface area contributed by atoms with Crippen LogP contribution >= 0.6 is 0 Å². The third kappa shape index (κ3) is 2.50. The van der Waals surface area contributed by atoms with Crippen molar-refractivity contribution in [1.29, 1.82) is 0 Å². The molecule has 0 saturated carbocycles. The van der Waals surface area contributed by atoms with Gasteiger partial charge in [0.15, 0.2) is 0 Å². The Morgan fingerprint density at radius 3 is 2.57 bits per heavy atom. The SMILES string of the molecule is Cc1ccc(S(=O)(=O)O[C@@H]2CO[C@@H]3[C@@H](C)CO[C@@]32C)cc1. The van der Waals surface area contributed by atoms with E-state index in [4.69, 9.17) is 13.7 Å². The molecule has 116 valence electrons. The quantitative estimate of drug-likeness (QED) is 0.798. The van der Waals surface area contributed by atoms with Crippen molar-refractivity contribution in [3.05, 3.63) is 29.8 Å². The highest BCUT2D eigenvalue weighted by atomic mass is 32.2. The molecule has 21 heavy (non-hydrogen) atoms. The van der Waals surface area contributed by atoms with Crippen molar-refractivity contribution in [3.63, 3.8) is 0 Å². The monoisotopic (exact) mass is 312 g/mol. The fourth-order valence-corrected chi connectivity index (χ4v) is 4.18. The Morgan fingerprint density at radius 2 is 1.90 bits per heavy atom. The molecule has 2 fully saturated rings. The summed E-state index contributed by atoms with van der Waals surface area (Å²) in [5.41, 5.74) is 0.301. The highest BCUT2D eigenvalue weighted by molar-refractivity contribution is 7.86. The Hall–Kier alpha value is -0.950. The average molecular weight is 312 g/mol. The normalized spacial score (nSPS) is 35.9. The van der Waals surface area contributed by atoms with Crippen LogP contribution in [0.5, 0.6) is 0 Å². The van der Waals surface area contributed by atoms with Crippen LogP contribution in [0.3, 0.4) is 0 Å². The van der Waals surface area contributed by atoms with Crippen LogP contribution in [0.2, 0.25) is 0 Å². The lowest BCUT2D eigenvalue weighted by molar-refractivity contribution is -0.0513. The van der Waals surface area contributed by atoms with Gasteiger partial charge in [0.05, 0.1) is 24.2 Å². The number of fused-ring (bicyclic) bond motifs is 1. The molecule has 2 aliphatic heterocycles. The molecule has 0 unspecified atom stereocenters. The van der Waals surface area contributed by atoms with E-state index in [1.807, 2.05) is 20.8 Å². The van der Waals surface area contributed by atoms with Crippen LogP contribution in [0.4, 0.5) is 0 Å². The fraction of sp³-hybridized carbons (Fsp3) is 0.600. The van der Waals surface area contributed by atoms with Crippen molar-refractivity contribution >= 4 is 10.1 Å². The molecule has 6 heteroatoms. The Bertz CT molecular complexity index is 624. The van der Waals surface area contributed by atoms with E-state index in [9.17, 15) is 8.42 Å². The molecule has 3 rings (SSSR count). The summed E-state index contributed by atoms with van der Waals surface area (Å²) in [6.07, 6.45) is -0.727. The number of hydrogen-bond donors (Lipinski definition) is 0. The lowest BCUT2D eigenvalue weighted by Gasteiger charge is -2.28. The summed E-state index contributed by atoms with van der Waals surface area (Å²) in [7, 11) is -3.81. The minimum Gasteiger partial charge on any atom is -0.372 e. The first-order chi connectivity index (χ1) is 9.83. The van der Waals surface area contributed by atoms with E-state index in [2.05, 4.69) is 0 Å². The van der Waals surface area contributed by atoms with Gasteiger partial charge in [-0.1, -0.05) is 24.6 Å². The molecule has 0 spiro atoms. The second-order valence-corrected chi connectivity index (χ2v) is 7.65. The highest BCUT2D eigenvalue weighted by Crippen LogP contribution is 2.42. The average Bonchev–Trinajstić information content (AvgIpc) is 2.89. The molecule has 1 aromatic carbocycles. The number of benzene rings is 1. The molecule has 2 aliphatic rings. The maximum Gasteiger partial charge on any atom is 0.297 e. The van der Waals surface area contributed by atoms with Gasteiger partial charge in [0.1, 0.15) is 11.7 Å². The van der Waals surface area contributed by atoms with Crippen LogP contribution < -0.4 is 0 Å². The molecular weight excluding hydrogens is 292 g/mol. The number of rotatable bonds is 3. The van der Waals surface area contributed by atoms with E-state index in [1.54, 1.807) is 24.3 Å². The van der Waals surface area contributed by atoms with Crippen LogP contribution in [0, 0.1) is 12.8 Å². The molecule has 0 bridgehead atoms. The summed E-state index contributed by atoms with van der Waals surface area (Å²) in [5.74, 6) is 0.241. The van der Waals surface area contributed by atoms with Crippen LogP contribution in [-0.4, -0.2) is 39.4 Å². The van der Waals surface area contributed by atoms with Gasteiger partial charge >= 0.3 is 0 Å². The van der Waals surface area contributed by atoms with Gasteiger partial charge in [-0.15, -0.1) is 0 Å². The zero-order chi connectivity index (χ0) is 15.3. The summed E-state index contributed by atoms with van der Waals surface area (Å²) in [5, 5.41) is 0. The lowest BCUT2D eigenvalue weighted by atomic mass is 9.91. The van der Waals surface area contributed by atoms with Crippen LogP contribution in [0.1, 0.15) is 19.4 Å². The number of aryl methyl sites for hydroxylation is 1. The summed E-state index contributed by atoms with van der Waals surface area (Å²) in [6, 6.07) is 6.61. The molecule has 4 atom stereocenters. The predicted molar refractivity (Wildman–Crippen MR) is 76.5 cm³/mol. The minimum atomic E-state index is -3.81. The van der Waals surface area contributed by atoms with Gasteiger partial charge in [0.2, 0.25) is 0 Å². The van der Waals surface area contributed by atoms with Gasteiger partial charge in [0, 0.05) is 5.92 Å². The van der Waals surface area contributed by atoms with Crippen molar-refractivity contribution in [2.45, 2.75) is 43.5 Å². The van der Waals surface area contributed by atoms with Crippen molar-refractivity contribution in [2.24, 2.45) is 5.92 Å². The fourth-order valence-electron chi connectivity index (χ4n) is 3.04. The molecule has 0 aliphatic carbocycles. The zero-order valence-electron chi connectivity index (χ0n) is 12.4. The summed E-state index contributed by atoms with van der Waals surface area (Å²) in [6.45, 7) is 6.60. The first kappa shape index (κ1) is 15.0. The second kappa shape index (κ2) is 5.05. The number of ether oxygens (including phenoxy) is 2. The van der Waals surface area contributed by atoms with Gasteiger partial charge in [-0.3, -0.25) is 4.18 Å². The maximum absolute atomic E-state index is 12.4. The van der Waals surface area contributed by atoms with Gasteiger partial charge in [-0.05, 0) is 26.0 Å². The van der Waals surface area contributed by atoms with E-state index >= 15 is 0 Å². The molecular formula is C15H20O5S. The molecule has 2 saturated heterocycles. The zero-order valence-corrected chi connectivity index (χ0v) is 13.2. The second-order valence-electron chi connectivity index (χ2n) is 6.08. The van der Waals surface area contributed by atoms with E-state index in [0.717, 1.165) is 5.56 Å². The third-order valence-electron chi connectivity index (χ3n) is 4.36. The first-order valence-electron chi connectivity index (χ1n) is 7.08. The molecule has 2 heterocycles. The maximum atomic E-state index is 12.4. The summed E-state index contributed by atoms with van der Waals surface area (Å²) < 4.78 is 41.6. The van der Waals surface area contributed by atoms with E-state index < -0.39 is 21.8 Å². The molecule has 1 aromatic rings. The molecule has 0 amide bonds. The molecule has 0 N–H and O–H groups in total.